The fourth-order valence-electron chi connectivity index (χ4n) is 3.50. The molecule has 29 heavy (non-hydrogen) atoms. The molecule has 1 aromatic heterocycles. The third kappa shape index (κ3) is 5.44. The molecule has 2 aromatic rings. The van der Waals surface area contributed by atoms with Gasteiger partial charge in [0.25, 0.3) is 5.91 Å². The van der Waals surface area contributed by atoms with E-state index in [4.69, 9.17) is 0 Å². The Morgan fingerprint density at radius 2 is 2.00 bits per heavy atom. The summed E-state index contributed by atoms with van der Waals surface area (Å²) in [6.07, 6.45) is 6.83. The smallest absolute Gasteiger partial charge is 0.256 e. The first-order chi connectivity index (χ1) is 13.9. The standard InChI is InChI=1S/C23H27N3O3/c1-17-13-21(27)20(16-25(17)2)23(29)24-14-19-9-6-12-26(15-19)22(28)11-10-18-7-4-3-5-8-18/h3-5,7-8,10-11,13,16,19H,6,9,12,14-15H2,1-2H3,(H,24,29)/b11-10+. The maximum absolute atomic E-state index is 12.5. The maximum atomic E-state index is 12.5. The minimum atomic E-state index is -0.363. The van der Waals surface area contributed by atoms with Crippen molar-refractivity contribution >= 4 is 17.9 Å². The molecule has 0 bridgehead atoms. The molecule has 0 aliphatic carbocycles. The minimum absolute atomic E-state index is 0.0164. The molecule has 0 saturated carbocycles. The van der Waals surface area contributed by atoms with Crippen LogP contribution in [0.15, 0.2) is 53.5 Å². The van der Waals surface area contributed by atoms with Crippen molar-refractivity contribution in [3.8, 4) is 0 Å². The van der Waals surface area contributed by atoms with Crippen LogP contribution in [0.5, 0.6) is 0 Å². The number of carbonyl (C=O) groups is 2. The van der Waals surface area contributed by atoms with Crippen LogP contribution in [-0.2, 0) is 11.8 Å². The molecule has 1 aromatic carbocycles. The van der Waals surface area contributed by atoms with Crippen LogP contribution >= 0.6 is 0 Å². The Morgan fingerprint density at radius 1 is 1.24 bits per heavy atom. The van der Waals surface area contributed by atoms with Gasteiger partial charge in [0.05, 0.1) is 0 Å². The van der Waals surface area contributed by atoms with Crippen LogP contribution in [-0.4, -0.2) is 40.9 Å². The van der Waals surface area contributed by atoms with E-state index in [-0.39, 0.29) is 28.7 Å². The number of aryl methyl sites for hydroxylation is 2. The van der Waals surface area contributed by atoms with Crippen molar-refractivity contribution in [2.75, 3.05) is 19.6 Å². The van der Waals surface area contributed by atoms with Crippen molar-refractivity contribution in [3.63, 3.8) is 0 Å². The number of benzene rings is 1. The second-order valence-corrected chi connectivity index (χ2v) is 7.55. The zero-order chi connectivity index (χ0) is 20.8. The molecule has 1 unspecified atom stereocenters. The number of piperidine rings is 1. The van der Waals surface area contributed by atoms with Crippen molar-refractivity contribution < 1.29 is 9.59 Å². The summed E-state index contributed by atoms with van der Waals surface area (Å²) < 4.78 is 1.76. The lowest BCUT2D eigenvalue weighted by molar-refractivity contribution is -0.127. The molecule has 1 saturated heterocycles. The lowest BCUT2D eigenvalue weighted by atomic mass is 9.97. The van der Waals surface area contributed by atoms with Gasteiger partial charge in [0.2, 0.25) is 5.91 Å². The van der Waals surface area contributed by atoms with Gasteiger partial charge >= 0.3 is 0 Å². The van der Waals surface area contributed by atoms with E-state index < -0.39 is 0 Å². The number of likely N-dealkylation sites (tertiary alicyclic amines) is 1. The van der Waals surface area contributed by atoms with Gasteiger partial charge in [-0.15, -0.1) is 0 Å². The summed E-state index contributed by atoms with van der Waals surface area (Å²) in [7, 11) is 1.80. The highest BCUT2D eigenvalue weighted by Crippen LogP contribution is 2.16. The Labute approximate surface area is 170 Å². The predicted molar refractivity (Wildman–Crippen MR) is 114 cm³/mol. The molecular formula is C23H27N3O3. The van der Waals surface area contributed by atoms with Crippen molar-refractivity contribution in [3.05, 3.63) is 75.7 Å². The van der Waals surface area contributed by atoms with E-state index in [9.17, 15) is 14.4 Å². The molecule has 1 fully saturated rings. The Morgan fingerprint density at radius 3 is 2.76 bits per heavy atom. The number of nitrogens with zero attached hydrogens (tertiary/aromatic N) is 2. The average molecular weight is 393 g/mol. The summed E-state index contributed by atoms with van der Waals surface area (Å²) in [5, 5.41) is 2.87. The minimum Gasteiger partial charge on any atom is -0.354 e. The van der Waals surface area contributed by atoms with Crippen LogP contribution in [0.3, 0.4) is 0 Å². The maximum Gasteiger partial charge on any atom is 0.256 e. The third-order valence-corrected chi connectivity index (χ3v) is 5.33. The molecule has 6 heteroatoms. The Balaban J connectivity index is 1.55. The molecular weight excluding hydrogens is 366 g/mol. The summed E-state index contributed by atoms with van der Waals surface area (Å²) in [5.74, 6) is -0.202. The van der Waals surface area contributed by atoms with Crippen molar-refractivity contribution in [1.29, 1.82) is 0 Å². The molecule has 3 rings (SSSR count). The number of hydrogen-bond donors (Lipinski definition) is 1. The fraction of sp³-hybridized carbons (Fsp3) is 0.348. The van der Waals surface area contributed by atoms with E-state index in [1.54, 1.807) is 23.9 Å². The highest BCUT2D eigenvalue weighted by atomic mass is 16.2. The average Bonchev–Trinajstić information content (AvgIpc) is 2.74. The fourth-order valence-corrected chi connectivity index (χ4v) is 3.50. The molecule has 152 valence electrons. The van der Waals surface area contributed by atoms with Crippen LogP contribution in [0.4, 0.5) is 0 Å². The Hall–Kier alpha value is -3.15. The molecule has 6 nitrogen and oxygen atoms in total. The van der Waals surface area contributed by atoms with E-state index >= 15 is 0 Å². The van der Waals surface area contributed by atoms with Gasteiger partial charge in [-0.05, 0) is 37.3 Å². The number of aromatic nitrogens is 1. The van der Waals surface area contributed by atoms with Gasteiger partial charge in [0.1, 0.15) is 5.56 Å². The molecule has 2 amide bonds. The van der Waals surface area contributed by atoms with E-state index in [1.165, 1.54) is 6.07 Å². The van der Waals surface area contributed by atoms with Crippen LogP contribution in [0.25, 0.3) is 6.08 Å². The van der Waals surface area contributed by atoms with Gasteiger partial charge in [-0.1, -0.05) is 30.3 Å². The first-order valence-corrected chi connectivity index (χ1v) is 9.91. The molecule has 2 heterocycles. The van der Waals surface area contributed by atoms with Crippen molar-refractivity contribution in [2.24, 2.45) is 13.0 Å². The third-order valence-electron chi connectivity index (χ3n) is 5.33. The molecule has 1 atom stereocenters. The van der Waals surface area contributed by atoms with Crippen LogP contribution < -0.4 is 10.7 Å². The molecule has 1 aliphatic rings. The largest absolute Gasteiger partial charge is 0.354 e. The van der Waals surface area contributed by atoms with Gasteiger partial charge in [-0.3, -0.25) is 14.4 Å². The second kappa shape index (κ2) is 9.37. The number of amides is 2. The van der Waals surface area contributed by atoms with Gasteiger partial charge in [-0.25, -0.2) is 0 Å². The number of carbonyl (C=O) groups excluding carboxylic acids is 2. The summed E-state index contributed by atoms with van der Waals surface area (Å²) >= 11 is 0. The van der Waals surface area contributed by atoms with E-state index in [2.05, 4.69) is 5.32 Å². The Kier molecular flexibility index (Phi) is 6.65. The van der Waals surface area contributed by atoms with Gasteiger partial charge in [0, 0.05) is 50.7 Å². The molecule has 0 spiro atoms. The van der Waals surface area contributed by atoms with Gasteiger partial charge < -0.3 is 14.8 Å². The lowest BCUT2D eigenvalue weighted by Gasteiger charge is -2.32. The molecule has 1 aliphatic heterocycles. The van der Waals surface area contributed by atoms with Gasteiger partial charge in [0.15, 0.2) is 5.43 Å². The number of pyridine rings is 1. The quantitative estimate of drug-likeness (QED) is 0.793. The highest BCUT2D eigenvalue weighted by molar-refractivity contribution is 5.94. The van der Waals surface area contributed by atoms with Crippen molar-refractivity contribution in [2.45, 2.75) is 19.8 Å². The highest BCUT2D eigenvalue weighted by Gasteiger charge is 2.23. The number of hydrogen-bond acceptors (Lipinski definition) is 3. The SMILES string of the molecule is Cc1cc(=O)c(C(=O)NCC2CCCN(C(=O)/C=C/c3ccccc3)C2)cn1C. The molecule has 0 radical (unpaired) electrons. The zero-order valence-corrected chi connectivity index (χ0v) is 16.9. The Bertz CT molecular complexity index is 963. The van der Waals surface area contributed by atoms with E-state index in [1.807, 2.05) is 48.2 Å². The van der Waals surface area contributed by atoms with E-state index in [0.29, 0.717) is 13.1 Å². The first-order valence-electron chi connectivity index (χ1n) is 9.91. The lowest BCUT2D eigenvalue weighted by Crippen LogP contribution is -2.43. The number of rotatable bonds is 5. The van der Waals surface area contributed by atoms with Crippen LogP contribution in [0.1, 0.15) is 34.5 Å². The summed E-state index contributed by atoms with van der Waals surface area (Å²) in [5.41, 5.74) is 1.66. The van der Waals surface area contributed by atoms with E-state index in [0.717, 1.165) is 30.6 Å². The summed E-state index contributed by atoms with van der Waals surface area (Å²) in [6, 6.07) is 11.2. The molecule has 1 N–H and O–H groups in total. The second-order valence-electron chi connectivity index (χ2n) is 7.55. The topological polar surface area (TPSA) is 71.4 Å². The van der Waals surface area contributed by atoms with Crippen molar-refractivity contribution in [1.82, 2.24) is 14.8 Å². The predicted octanol–water partition coefficient (Wildman–Crippen LogP) is 2.38. The monoisotopic (exact) mass is 393 g/mol. The van der Waals surface area contributed by atoms with Gasteiger partial charge in [-0.2, -0.15) is 0 Å². The normalized spacial score (nSPS) is 16.8. The van der Waals surface area contributed by atoms with Crippen LogP contribution in [0.2, 0.25) is 0 Å². The van der Waals surface area contributed by atoms with Crippen LogP contribution in [0, 0.1) is 12.8 Å². The first kappa shape index (κ1) is 20.6. The zero-order valence-electron chi connectivity index (χ0n) is 16.9. The summed E-state index contributed by atoms with van der Waals surface area (Å²) in [6.45, 7) is 3.59. The summed E-state index contributed by atoms with van der Waals surface area (Å²) in [4.78, 5) is 38.8. The number of nitrogens with one attached hydrogen (secondary N) is 1.